The molecule has 0 aliphatic carbocycles. The van der Waals surface area contributed by atoms with Crippen LogP contribution >= 0.6 is 0 Å². The van der Waals surface area contributed by atoms with Gasteiger partial charge >= 0.3 is 0 Å². The van der Waals surface area contributed by atoms with Crippen LogP contribution in [0.4, 0.5) is 0 Å². The molecule has 0 atom stereocenters. The summed E-state index contributed by atoms with van der Waals surface area (Å²) in [4.78, 5) is 0. The van der Waals surface area contributed by atoms with Gasteiger partial charge < -0.3 is 5.32 Å². The zero-order valence-electron chi connectivity index (χ0n) is 7.65. The van der Waals surface area contributed by atoms with Gasteiger partial charge in [-0.3, -0.25) is 0 Å². The Balaban J connectivity index is 4.00. The van der Waals surface area contributed by atoms with Crippen LogP contribution in [-0.2, 0) is 0 Å². The van der Waals surface area contributed by atoms with Crippen molar-refractivity contribution in [3.05, 3.63) is 36.1 Å². The second-order valence-electron chi connectivity index (χ2n) is 2.33. The molecule has 0 rings (SSSR count). The molecular weight excluding hydrogens is 134 g/mol. The van der Waals surface area contributed by atoms with E-state index in [0.29, 0.717) is 0 Å². The molecule has 0 bridgehead atoms. The van der Waals surface area contributed by atoms with Crippen molar-refractivity contribution >= 4 is 0 Å². The van der Waals surface area contributed by atoms with Crippen molar-refractivity contribution in [2.75, 3.05) is 7.05 Å². The molecule has 1 heteroatoms. The third kappa shape index (κ3) is 4.43. The highest BCUT2D eigenvalue weighted by Crippen LogP contribution is 2.02. The van der Waals surface area contributed by atoms with Crippen LogP contribution in [0.2, 0.25) is 0 Å². The van der Waals surface area contributed by atoms with Crippen LogP contribution in [-0.4, -0.2) is 7.05 Å². The predicted octanol–water partition coefficient (Wildman–Crippen LogP) is 2.63. The minimum absolute atomic E-state index is 0.942. The predicted molar refractivity (Wildman–Crippen MR) is 51.4 cm³/mol. The SMILES string of the molecule is C=C(/C=C\C(=C/C)CC)NC. The molecule has 0 aliphatic heterocycles. The lowest BCUT2D eigenvalue weighted by Crippen LogP contribution is -2.00. The molecule has 0 aromatic rings. The maximum atomic E-state index is 3.79. The Hall–Kier alpha value is -0.980. The monoisotopic (exact) mass is 151 g/mol. The molecule has 0 heterocycles. The van der Waals surface area contributed by atoms with E-state index in [2.05, 4.69) is 31.0 Å². The number of hydrogen-bond donors (Lipinski definition) is 1. The number of hydrogen-bond acceptors (Lipinski definition) is 1. The van der Waals surface area contributed by atoms with Crippen molar-refractivity contribution in [3.63, 3.8) is 0 Å². The minimum Gasteiger partial charge on any atom is -0.389 e. The Morgan fingerprint density at radius 2 is 2.09 bits per heavy atom. The summed E-state index contributed by atoms with van der Waals surface area (Å²) in [6.45, 7) is 7.98. The topological polar surface area (TPSA) is 12.0 Å². The summed E-state index contributed by atoms with van der Waals surface area (Å²) in [6.07, 6.45) is 7.25. The van der Waals surface area contributed by atoms with Crippen molar-refractivity contribution < 1.29 is 0 Å². The molecular formula is C10H17N. The molecule has 1 nitrogen and oxygen atoms in total. The first kappa shape index (κ1) is 10.0. The van der Waals surface area contributed by atoms with Crippen molar-refractivity contribution in [3.8, 4) is 0 Å². The Bertz CT molecular complexity index is 175. The van der Waals surface area contributed by atoms with Crippen LogP contribution in [0, 0.1) is 0 Å². The van der Waals surface area contributed by atoms with Crippen molar-refractivity contribution in [1.29, 1.82) is 0 Å². The zero-order chi connectivity index (χ0) is 8.69. The maximum Gasteiger partial charge on any atom is 0.0264 e. The molecule has 0 aliphatic rings. The van der Waals surface area contributed by atoms with Crippen molar-refractivity contribution in [1.82, 2.24) is 5.32 Å². The molecule has 0 spiro atoms. The summed E-state index contributed by atoms with van der Waals surface area (Å²) < 4.78 is 0. The summed E-state index contributed by atoms with van der Waals surface area (Å²) in [5, 5.41) is 2.96. The Morgan fingerprint density at radius 1 is 1.45 bits per heavy atom. The molecule has 0 saturated heterocycles. The van der Waals surface area contributed by atoms with E-state index in [0.717, 1.165) is 12.1 Å². The largest absolute Gasteiger partial charge is 0.389 e. The number of nitrogens with one attached hydrogen (secondary N) is 1. The summed E-state index contributed by atoms with van der Waals surface area (Å²) in [6, 6.07) is 0. The van der Waals surface area contributed by atoms with Crippen molar-refractivity contribution in [2.45, 2.75) is 20.3 Å². The molecule has 0 saturated carbocycles. The van der Waals surface area contributed by atoms with E-state index in [9.17, 15) is 0 Å². The summed E-state index contributed by atoms with van der Waals surface area (Å²) in [5.41, 5.74) is 2.28. The highest BCUT2D eigenvalue weighted by Gasteiger charge is 1.84. The van der Waals surface area contributed by atoms with E-state index >= 15 is 0 Å². The van der Waals surface area contributed by atoms with Crippen LogP contribution in [0.3, 0.4) is 0 Å². The van der Waals surface area contributed by atoms with E-state index in [4.69, 9.17) is 0 Å². The zero-order valence-corrected chi connectivity index (χ0v) is 7.65. The third-order valence-electron chi connectivity index (χ3n) is 1.60. The first-order valence-electron chi connectivity index (χ1n) is 3.94. The molecule has 0 radical (unpaired) electrons. The van der Waals surface area contributed by atoms with Crippen LogP contribution < -0.4 is 5.32 Å². The van der Waals surface area contributed by atoms with Crippen LogP contribution in [0.25, 0.3) is 0 Å². The van der Waals surface area contributed by atoms with E-state index in [-0.39, 0.29) is 0 Å². The average molecular weight is 151 g/mol. The number of likely N-dealkylation sites (N-methyl/N-ethyl adjacent to an activating group) is 1. The lowest BCUT2D eigenvalue weighted by atomic mass is 10.2. The van der Waals surface area contributed by atoms with E-state index < -0.39 is 0 Å². The van der Waals surface area contributed by atoms with Gasteiger partial charge in [0, 0.05) is 12.7 Å². The lowest BCUT2D eigenvalue weighted by Gasteiger charge is -1.97. The van der Waals surface area contributed by atoms with Crippen LogP contribution in [0.15, 0.2) is 36.1 Å². The molecule has 62 valence electrons. The van der Waals surface area contributed by atoms with Gasteiger partial charge in [0.25, 0.3) is 0 Å². The van der Waals surface area contributed by atoms with Gasteiger partial charge in [-0.15, -0.1) is 0 Å². The fourth-order valence-corrected chi connectivity index (χ4v) is 0.709. The Kier molecular flexibility index (Phi) is 5.26. The smallest absolute Gasteiger partial charge is 0.0264 e. The second-order valence-corrected chi connectivity index (χ2v) is 2.33. The van der Waals surface area contributed by atoms with Gasteiger partial charge in [0.15, 0.2) is 0 Å². The van der Waals surface area contributed by atoms with Gasteiger partial charge in [-0.2, -0.15) is 0 Å². The minimum atomic E-state index is 0.942. The molecule has 0 unspecified atom stereocenters. The molecule has 0 aromatic heterocycles. The first-order chi connectivity index (χ1) is 5.24. The van der Waals surface area contributed by atoms with E-state index in [1.807, 2.05) is 20.0 Å². The average Bonchev–Trinajstić information content (AvgIpc) is 2.06. The second kappa shape index (κ2) is 5.78. The Morgan fingerprint density at radius 3 is 2.45 bits per heavy atom. The van der Waals surface area contributed by atoms with Gasteiger partial charge in [-0.1, -0.05) is 31.2 Å². The molecule has 11 heavy (non-hydrogen) atoms. The summed E-state index contributed by atoms with van der Waals surface area (Å²) in [7, 11) is 1.87. The molecule has 1 N–H and O–H groups in total. The fraction of sp³-hybridized carbons (Fsp3) is 0.400. The van der Waals surface area contributed by atoms with Crippen molar-refractivity contribution in [2.24, 2.45) is 0 Å². The highest BCUT2D eigenvalue weighted by atomic mass is 14.8. The fourth-order valence-electron chi connectivity index (χ4n) is 0.709. The third-order valence-corrected chi connectivity index (χ3v) is 1.60. The summed E-state index contributed by atoms with van der Waals surface area (Å²) >= 11 is 0. The van der Waals surface area contributed by atoms with Gasteiger partial charge in [-0.05, 0) is 19.4 Å². The highest BCUT2D eigenvalue weighted by molar-refractivity contribution is 5.24. The lowest BCUT2D eigenvalue weighted by molar-refractivity contribution is 1.04. The standard InChI is InChI=1S/C10H17N/c1-5-10(6-2)8-7-9(3)11-4/h5,7-8,11H,3,6H2,1-2,4H3/b8-7-,10-5-. The van der Waals surface area contributed by atoms with Gasteiger partial charge in [-0.25, -0.2) is 0 Å². The quantitative estimate of drug-likeness (QED) is 0.609. The normalized spacial score (nSPS) is 12.1. The van der Waals surface area contributed by atoms with Crippen LogP contribution in [0.1, 0.15) is 20.3 Å². The van der Waals surface area contributed by atoms with Gasteiger partial charge in [0.1, 0.15) is 0 Å². The number of rotatable bonds is 4. The van der Waals surface area contributed by atoms with Gasteiger partial charge in [0.05, 0.1) is 0 Å². The van der Waals surface area contributed by atoms with E-state index in [1.54, 1.807) is 0 Å². The number of allylic oxidation sites excluding steroid dienone is 4. The Labute approximate surface area is 69.5 Å². The van der Waals surface area contributed by atoms with Crippen LogP contribution in [0.5, 0.6) is 0 Å². The molecule has 0 fully saturated rings. The van der Waals surface area contributed by atoms with Gasteiger partial charge in [0.2, 0.25) is 0 Å². The molecule has 0 aromatic carbocycles. The molecule has 0 amide bonds. The summed E-state index contributed by atoms with van der Waals surface area (Å²) in [5.74, 6) is 0. The maximum absolute atomic E-state index is 3.79. The first-order valence-corrected chi connectivity index (χ1v) is 3.94. The van der Waals surface area contributed by atoms with E-state index in [1.165, 1.54) is 5.57 Å².